The first-order valence-electron chi connectivity index (χ1n) is 8.23. The van der Waals surface area contributed by atoms with E-state index in [0.717, 1.165) is 51.1 Å². The molecule has 0 unspecified atom stereocenters. The highest BCUT2D eigenvalue weighted by Gasteiger charge is 2.24. The molecule has 7 heteroatoms. The first-order chi connectivity index (χ1) is 10.7. The molecule has 1 amide bonds. The van der Waals surface area contributed by atoms with Gasteiger partial charge in [-0.05, 0) is 32.0 Å². The normalized spacial score (nSPS) is 15.2. The van der Waals surface area contributed by atoms with Crippen LogP contribution >= 0.6 is 24.8 Å². The third-order valence-electron chi connectivity index (χ3n) is 4.50. The summed E-state index contributed by atoms with van der Waals surface area (Å²) >= 11 is 0. The molecule has 1 fully saturated rings. The van der Waals surface area contributed by atoms with E-state index in [9.17, 15) is 4.79 Å². The molecular weight excluding hydrogens is 347 g/mol. The quantitative estimate of drug-likeness (QED) is 0.790. The van der Waals surface area contributed by atoms with E-state index in [-0.39, 0.29) is 30.7 Å². The number of piperidine rings is 1. The van der Waals surface area contributed by atoms with E-state index in [0.29, 0.717) is 12.5 Å². The predicted octanol–water partition coefficient (Wildman–Crippen LogP) is 2.00. The first kappa shape index (κ1) is 23.1. The summed E-state index contributed by atoms with van der Waals surface area (Å²) in [6.07, 6.45) is 5.59. The van der Waals surface area contributed by atoms with Crippen LogP contribution in [0.4, 0.5) is 0 Å². The molecule has 2 heterocycles. The minimum Gasteiger partial charge on any atom is -0.343 e. The first-order valence-corrected chi connectivity index (χ1v) is 8.23. The summed E-state index contributed by atoms with van der Waals surface area (Å²) in [5.41, 5.74) is 1.16. The Labute approximate surface area is 158 Å². The largest absolute Gasteiger partial charge is 0.343 e. The maximum atomic E-state index is 12.1. The van der Waals surface area contributed by atoms with Crippen molar-refractivity contribution in [1.29, 1.82) is 0 Å². The molecule has 0 saturated carbocycles. The summed E-state index contributed by atoms with van der Waals surface area (Å²) in [5.74, 6) is 0.251. The number of aromatic nitrogens is 1. The van der Waals surface area contributed by atoms with Crippen molar-refractivity contribution in [2.24, 2.45) is 0 Å². The highest BCUT2D eigenvalue weighted by molar-refractivity contribution is 5.85. The maximum Gasteiger partial charge on any atom is 0.223 e. The number of amides is 1. The number of pyridine rings is 1. The summed E-state index contributed by atoms with van der Waals surface area (Å²) in [6, 6.07) is 6.48. The highest BCUT2D eigenvalue weighted by atomic mass is 35.5. The lowest BCUT2D eigenvalue weighted by atomic mass is 10.0. The van der Waals surface area contributed by atoms with Crippen LogP contribution in [0.25, 0.3) is 0 Å². The van der Waals surface area contributed by atoms with Crippen molar-refractivity contribution < 1.29 is 4.79 Å². The molecule has 0 aromatic carbocycles. The van der Waals surface area contributed by atoms with Crippen LogP contribution in [-0.2, 0) is 11.2 Å². The lowest BCUT2D eigenvalue weighted by molar-refractivity contribution is -0.132. The smallest absolute Gasteiger partial charge is 0.223 e. The second kappa shape index (κ2) is 12.5. The van der Waals surface area contributed by atoms with Gasteiger partial charge in [0.1, 0.15) is 0 Å². The van der Waals surface area contributed by atoms with Crippen molar-refractivity contribution in [3.63, 3.8) is 0 Å². The molecule has 1 saturated heterocycles. The molecule has 2 rings (SSSR count). The fourth-order valence-electron chi connectivity index (χ4n) is 2.96. The topological polar surface area (TPSA) is 48.5 Å². The molecule has 1 aliphatic rings. The van der Waals surface area contributed by atoms with Gasteiger partial charge in [-0.3, -0.25) is 9.78 Å². The van der Waals surface area contributed by atoms with E-state index < -0.39 is 0 Å². The molecular formula is C17H30Cl2N4O. The molecule has 5 nitrogen and oxygen atoms in total. The number of carbonyl (C=O) groups is 1. The van der Waals surface area contributed by atoms with Gasteiger partial charge in [0.25, 0.3) is 0 Å². The molecule has 1 aliphatic heterocycles. The summed E-state index contributed by atoms with van der Waals surface area (Å²) in [6.45, 7) is 3.95. The Morgan fingerprint density at radius 1 is 1.33 bits per heavy atom. The Kier molecular flexibility index (Phi) is 12.0. The van der Waals surface area contributed by atoms with E-state index in [4.69, 9.17) is 0 Å². The van der Waals surface area contributed by atoms with Gasteiger partial charge in [0.05, 0.1) is 0 Å². The summed E-state index contributed by atoms with van der Waals surface area (Å²) in [5, 5.41) is 3.03. The lowest BCUT2D eigenvalue weighted by Crippen LogP contribution is -2.46. The molecule has 0 bridgehead atoms. The molecule has 1 aromatic rings. The molecule has 0 aliphatic carbocycles. The number of halogens is 2. The average Bonchev–Trinajstić information content (AvgIpc) is 2.58. The molecule has 0 spiro atoms. The van der Waals surface area contributed by atoms with Crippen molar-refractivity contribution in [2.45, 2.75) is 31.7 Å². The van der Waals surface area contributed by atoms with Crippen LogP contribution in [0.5, 0.6) is 0 Å². The van der Waals surface area contributed by atoms with Gasteiger partial charge in [0.2, 0.25) is 5.91 Å². The number of likely N-dealkylation sites (tertiary alicyclic amines) is 1. The Balaban J connectivity index is 0.00000264. The van der Waals surface area contributed by atoms with Crippen LogP contribution in [0.15, 0.2) is 24.4 Å². The summed E-state index contributed by atoms with van der Waals surface area (Å²) in [4.78, 5) is 20.9. The minimum absolute atomic E-state index is 0. The number of rotatable bonds is 7. The van der Waals surface area contributed by atoms with Crippen molar-refractivity contribution in [3.05, 3.63) is 30.1 Å². The monoisotopic (exact) mass is 376 g/mol. The molecule has 138 valence electrons. The van der Waals surface area contributed by atoms with Crippen molar-refractivity contribution in [1.82, 2.24) is 20.1 Å². The van der Waals surface area contributed by atoms with Crippen LogP contribution in [-0.4, -0.2) is 67.0 Å². The average molecular weight is 377 g/mol. The lowest BCUT2D eigenvalue weighted by Gasteiger charge is -2.36. The molecule has 0 radical (unpaired) electrons. The highest BCUT2D eigenvalue weighted by Crippen LogP contribution is 2.16. The number of hydrogen-bond donors (Lipinski definition) is 1. The Morgan fingerprint density at radius 2 is 2.04 bits per heavy atom. The molecule has 24 heavy (non-hydrogen) atoms. The Bertz CT molecular complexity index is 453. The Morgan fingerprint density at radius 3 is 2.62 bits per heavy atom. The third kappa shape index (κ3) is 7.34. The number of carbonyl (C=O) groups excluding carboxylic acids is 1. The van der Waals surface area contributed by atoms with E-state index in [1.54, 1.807) is 0 Å². The van der Waals surface area contributed by atoms with Crippen LogP contribution in [0.2, 0.25) is 0 Å². The number of hydrogen-bond acceptors (Lipinski definition) is 4. The second-order valence-electron chi connectivity index (χ2n) is 6.00. The van der Waals surface area contributed by atoms with Crippen LogP contribution in [0.3, 0.4) is 0 Å². The summed E-state index contributed by atoms with van der Waals surface area (Å²) < 4.78 is 0. The third-order valence-corrected chi connectivity index (χ3v) is 4.50. The zero-order valence-electron chi connectivity index (χ0n) is 14.6. The molecule has 1 N–H and O–H groups in total. The summed E-state index contributed by atoms with van der Waals surface area (Å²) in [7, 11) is 3.83. The zero-order valence-corrected chi connectivity index (χ0v) is 16.2. The van der Waals surface area contributed by atoms with E-state index >= 15 is 0 Å². The van der Waals surface area contributed by atoms with Crippen molar-refractivity contribution in [3.8, 4) is 0 Å². The number of nitrogens with one attached hydrogen (secondary N) is 1. The van der Waals surface area contributed by atoms with Gasteiger partial charge >= 0.3 is 0 Å². The van der Waals surface area contributed by atoms with E-state index in [1.165, 1.54) is 0 Å². The Hall–Kier alpha value is -0.880. The van der Waals surface area contributed by atoms with Gasteiger partial charge in [0.15, 0.2) is 0 Å². The van der Waals surface area contributed by atoms with Crippen molar-refractivity contribution >= 4 is 30.7 Å². The van der Waals surface area contributed by atoms with Gasteiger partial charge in [-0.1, -0.05) is 6.07 Å². The van der Waals surface area contributed by atoms with E-state index in [1.807, 2.05) is 37.3 Å². The fraction of sp³-hybridized carbons (Fsp3) is 0.647. The van der Waals surface area contributed by atoms with Gasteiger partial charge < -0.3 is 15.1 Å². The second-order valence-corrected chi connectivity index (χ2v) is 6.00. The van der Waals surface area contributed by atoms with E-state index in [2.05, 4.69) is 21.3 Å². The van der Waals surface area contributed by atoms with Crippen LogP contribution in [0, 0.1) is 0 Å². The molecule has 0 atom stereocenters. The zero-order chi connectivity index (χ0) is 15.8. The van der Waals surface area contributed by atoms with Gasteiger partial charge in [-0.25, -0.2) is 0 Å². The van der Waals surface area contributed by atoms with Crippen LogP contribution in [0.1, 0.15) is 25.0 Å². The maximum absolute atomic E-state index is 12.1. The fourth-order valence-corrected chi connectivity index (χ4v) is 2.96. The number of nitrogens with zero attached hydrogens (tertiary/aromatic N) is 3. The standard InChI is InChI=1S/C17H28N4O.2ClH/c1-18-11-6-17(22)20(2)16-8-13-21(14-9-16)12-7-15-5-3-4-10-19-15;;/h3-5,10,16,18H,6-9,11-14H2,1-2H3;2*1H. The predicted molar refractivity (Wildman–Crippen MR) is 103 cm³/mol. The van der Waals surface area contributed by atoms with Crippen molar-refractivity contribution in [2.75, 3.05) is 40.3 Å². The minimum atomic E-state index is 0. The van der Waals surface area contributed by atoms with Gasteiger partial charge in [0, 0.05) is 64.0 Å². The molecule has 1 aromatic heterocycles. The SMILES string of the molecule is CNCCC(=O)N(C)C1CCN(CCc2ccccn2)CC1.Cl.Cl. The van der Waals surface area contributed by atoms with Gasteiger partial charge in [-0.15, -0.1) is 24.8 Å². The van der Waals surface area contributed by atoms with Gasteiger partial charge in [-0.2, -0.15) is 0 Å². The van der Waals surface area contributed by atoms with Crippen LogP contribution < -0.4 is 5.32 Å².